The molecule has 1 aromatic rings. The van der Waals surface area contributed by atoms with Crippen molar-refractivity contribution in [1.29, 1.82) is 0 Å². The average Bonchev–Trinajstić information content (AvgIpc) is 2.92. The minimum atomic E-state index is -3.60. The Morgan fingerprint density at radius 2 is 2.10 bits per heavy atom. The maximum absolute atomic E-state index is 12.2. The second kappa shape index (κ2) is 6.04. The van der Waals surface area contributed by atoms with Gasteiger partial charge in [0.15, 0.2) is 0 Å². The predicted octanol–water partition coefficient (Wildman–Crippen LogP) is 0.742. The minimum absolute atomic E-state index is 0.178. The lowest BCUT2D eigenvalue weighted by molar-refractivity contribution is -0.134. The van der Waals surface area contributed by atoms with Crippen LogP contribution in [0.5, 0.6) is 0 Å². The highest BCUT2D eigenvalue weighted by Crippen LogP contribution is 2.22. The van der Waals surface area contributed by atoms with E-state index in [4.69, 9.17) is 0 Å². The fourth-order valence-corrected chi connectivity index (χ4v) is 4.50. The molecule has 6 nitrogen and oxygen atoms in total. The van der Waals surface area contributed by atoms with Crippen molar-refractivity contribution in [3.8, 4) is 0 Å². The molecular formula is C13H20N2O4S2. The lowest BCUT2D eigenvalue weighted by Crippen LogP contribution is -2.48. The Kier molecular flexibility index (Phi) is 4.72. The molecule has 118 valence electrons. The molecule has 2 heterocycles. The van der Waals surface area contributed by atoms with Gasteiger partial charge in [-0.2, -0.15) is 4.31 Å². The van der Waals surface area contributed by atoms with Gasteiger partial charge in [0, 0.05) is 20.1 Å². The van der Waals surface area contributed by atoms with Gasteiger partial charge < -0.3 is 10.0 Å². The van der Waals surface area contributed by atoms with Crippen LogP contribution < -0.4 is 0 Å². The molecule has 0 aliphatic carbocycles. The Labute approximate surface area is 129 Å². The molecule has 0 atom stereocenters. The van der Waals surface area contributed by atoms with E-state index in [-0.39, 0.29) is 16.7 Å². The van der Waals surface area contributed by atoms with E-state index < -0.39 is 15.6 Å². The van der Waals surface area contributed by atoms with Crippen LogP contribution in [0.1, 0.15) is 19.8 Å². The van der Waals surface area contributed by atoms with Gasteiger partial charge in [-0.15, -0.1) is 11.3 Å². The number of amides is 1. The molecule has 0 unspecified atom stereocenters. The van der Waals surface area contributed by atoms with E-state index in [1.807, 2.05) is 0 Å². The zero-order valence-corrected chi connectivity index (χ0v) is 13.8. The number of carbonyl (C=O) groups is 1. The molecule has 1 saturated heterocycles. The first-order valence-electron chi connectivity index (χ1n) is 6.72. The molecule has 0 saturated carbocycles. The molecule has 1 amide bonds. The van der Waals surface area contributed by atoms with Crippen molar-refractivity contribution in [2.24, 2.45) is 0 Å². The third kappa shape index (κ3) is 3.82. The number of piperidine rings is 1. The van der Waals surface area contributed by atoms with Crippen LogP contribution in [0.2, 0.25) is 0 Å². The molecule has 1 N–H and O–H groups in total. The summed E-state index contributed by atoms with van der Waals surface area (Å²) in [5.41, 5.74) is -0.730. The van der Waals surface area contributed by atoms with Gasteiger partial charge in [-0.25, -0.2) is 8.42 Å². The Bertz CT molecular complexity index is 586. The van der Waals surface area contributed by atoms with Crippen LogP contribution in [0, 0.1) is 0 Å². The third-order valence-corrected chi connectivity index (χ3v) is 6.89. The summed E-state index contributed by atoms with van der Waals surface area (Å²) in [6.45, 7) is 2.49. The Morgan fingerprint density at radius 3 is 2.62 bits per heavy atom. The molecule has 0 radical (unpaired) electrons. The van der Waals surface area contributed by atoms with E-state index in [2.05, 4.69) is 0 Å². The number of hydrogen-bond donors (Lipinski definition) is 1. The first-order valence-corrected chi connectivity index (χ1v) is 9.04. The highest BCUT2D eigenvalue weighted by Gasteiger charge is 2.31. The van der Waals surface area contributed by atoms with E-state index in [1.54, 1.807) is 23.3 Å². The number of hydrogen-bond acceptors (Lipinski definition) is 5. The molecular weight excluding hydrogens is 312 g/mol. The normalized spacial score (nSPS) is 19.0. The van der Waals surface area contributed by atoms with Gasteiger partial charge >= 0.3 is 0 Å². The van der Waals surface area contributed by atoms with Gasteiger partial charge in [-0.05, 0) is 31.2 Å². The summed E-state index contributed by atoms with van der Waals surface area (Å²) in [5.74, 6) is -0.229. The SMILES string of the molecule is CN(CC(=O)N1CCC(C)(O)CC1)S(=O)(=O)c1cccs1. The van der Waals surface area contributed by atoms with Gasteiger partial charge in [0.2, 0.25) is 5.91 Å². The average molecular weight is 332 g/mol. The number of rotatable bonds is 4. The van der Waals surface area contributed by atoms with Gasteiger partial charge in [0.1, 0.15) is 4.21 Å². The van der Waals surface area contributed by atoms with Crippen LogP contribution in [0.3, 0.4) is 0 Å². The summed E-state index contributed by atoms with van der Waals surface area (Å²) in [7, 11) is -2.19. The largest absolute Gasteiger partial charge is 0.390 e. The highest BCUT2D eigenvalue weighted by molar-refractivity contribution is 7.91. The van der Waals surface area contributed by atoms with Crippen molar-refractivity contribution in [3.63, 3.8) is 0 Å². The summed E-state index contributed by atoms with van der Waals surface area (Å²) < 4.78 is 25.8. The first-order chi connectivity index (χ1) is 9.72. The van der Waals surface area contributed by atoms with E-state index in [1.165, 1.54) is 13.1 Å². The number of likely N-dealkylation sites (N-methyl/N-ethyl adjacent to an activating group) is 1. The summed E-state index contributed by atoms with van der Waals surface area (Å²) in [6, 6.07) is 3.19. The summed E-state index contributed by atoms with van der Waals surface area (Å²) in [5, 5.41) is 11.6. The number of thiophene rings is 1. The fraction of sp³-hybridized carbons (Fsp3) is 0.615. The molecule has 21 heavy (non-hydrogen) atoms. The molecule has 0 spiro atoms. The van der Waals surface area contributed by atoms with Gasteiger partial charge in [-0.1, -0.05) is 6.07 Å². The number of carbonyl (C=O) groups excluding carboxylic acids is 1. The monoisotopic (exact) mass is 332 g/mol. The van der Waals surface area contributed by atoms with Gasteiger partial charge in [0.05, 0.1) is 12.1 Å². The lowest BCUT2D eigenvalue weighted by atomic mass is 9.94. The number of aliphatic hydroxyl groups is 1. The smallest absolute Gasteiger partial charge is 0.252 e. The maximum atomic E-state index is 12.2. The van der Waals surface area contributed by atoms with Crippen molar-refractivity contribution >= 4 is 27.3 Å². The molecule has 1 aliphatic heterocycles. The molecule has 0 bridgehead atoms. The zero-order chi connectivity index (χ0) is 15.7. The van der Waals surface area contributed by atoms with Crippen molar-refractivity contribution < 1.29 is 18.3 Å². The van der Waals surface area contributed by atoms with Gasteiger partial charge in [0.25, 0.3) is 10.0 Å². The van der Waals surface area contributed by atoms with Crippen molar-refractivity contribution in [1.82, 2.24) is 9.21 Å². The predicted molar refractivity (Wildman–Crippen MR) is 80.6 cm³/mol. The molecule has 1 aliphatic rings. The van der Waals surface area contributed by atoms with E-state index in [0.717, 1.165) is 15.6 Å². The lowest BCUT2D eigenvalue weighted by Gasteiger charge is -2.36. The van der Waals surface area contributed by atoms with Gasteiger partial charge in [-0.3, -0.25) is 4.79 Å². The molecule has 2 rings (SSSR count). The van der Waals surface area contributed by atoms with Crippen LogP contribution in [-0.2, 0) is 14.8 Å². The minimum Gasteiger partial charge on any atom is -0.390 e. The topological polar surface area (TPSA) is 77.9 Å². The van der Waals surface area contributed by atoms with Crippen LogP contribution in [-0.4, -0.2) is 60.9 Å². The zero-order valence-electron chi connectivity index (χ0n) is 12.2. The molecule has 1 fully saturated rings. The fourth-order valence-electron chi connectivity index (χ4n) is 2.18. The number of nitrogens with zero attached hydrogens (tertiary/aromatic N) is 2. The summed E-state index contributed by atoms with van der Waals surface area (Å²) in [4.78, 5) is 13.8. The summed E-state index contributed by atoms with van der Waals surface area (Å²) in [6.07, 6.45) is 1.03. The van der Waals surface area contributed by atoms with Crippen molar-refractivity contribution in [2.75, 3.05) is 26.7 Å². The van der Waals surface area contributed by atoms with E-state index >= 15 is 0 Å². The standard InChI is InChI=1S/C13H20N2O4S2/c1-13(17)5-7-15(8-6-13)11(16)10-14(2)21(18,19)12-4-3-9-20-12/h3-4,9,17H,5-8,10H2,1-2H3. The van der Waals surface area contributed by atoms with E-state index in [9.17, 15) is 18.3 Å². The third-order valence-electron chi connectivity index (χ3n) is 3.71. The van der Waals surface area contributed by atoms with E-state index in [0.29, 0.717) is 25.9 Å². The quantitative estimate of drug-likeness (QED) is 0.882. The second-order valence-corrected chi connectivity index (χ2v) is 8.79. The molecule has 8 heteroatoms. The van der Waals surface area contributed by atoms with Crippen LogP contribution in [0.15, 0.2) is 21.7 Å². The molecule has 1 aromatic heterocycles. The van der Waals surface area contributed by atoms with Crippen LogP contribution in [0.4, 0.5) is 0 Å². The van der Waals surface area contributed by atoms with Crippen molar-refractivity contribution in [2.45, 2.75) is 29.6 Å². The Hall–Kier alpha value is -0.960. The maximum Gasteiger partial charge on any atom is 0.252 e. The number of sulfonamides is 1. The van der Waals surface area contributed by atoms with Crippen LogP contribution >= 0.6 is 11.3 Å². The second-order valence-electron chi connectivity index (χ2n) is 5.57. The van der Waals surface area contributed by atoms with Crippen molar-refractivity contribution in [3.05, 3.63) is 17.5 Å². The Morgan fingerprint density at radius 1 is 1.48 bits per heavy atom. The number of likely N-dealkylation sites (tertiary alicyclic amines) is 1. The first kappa shape index (κ1) is 16.4. The highest BCUT2D eigenvalue weighted by atomic mass is 32.2. The Balaban J connectivity index is 1.97. The molecule has 0 aromatic carbocycles. The summed E-state index contributed by atoms with van der Waals surface area (Å²) >= 11 is 1.13. The van der Waals surface area contributed by atoms with Crippen LogP contribution in [0.25, 0.3) is 0 Å².